The summed E-state index contributed by atoms with van der Waals surface area (Å²) in [6, 6.07) is 9.14. The molecule has 5 nitrogen and oxygen atoms in total. The van der Waals surface area contributed by atoms with Gasteiger partial charge in [-0.2, -0.15) is 0 Å². The van der Waals surface area contributed by atoms with Crippen molar-refractivity contribution in [2.75, 3.05) is 0 Å². The van der Waals surface area contributed by atoms with Crippen molar-refractivity contribution in [2.45, 2.75) is 32.5 Å². The first kappa shape index (κ1) is 15.1. The molecule has 3 heterocycles. The van der Waals surface area contributed by atoms with Crippen LogP contribution in [-0.2, 0) is 13.1 Å². The number of hydrogen-bond acceptors (Lipinski definition) is 3. The molecule has 2 aromatic heterocycles. The fourth-order valence-corrected chi connectivity index (χ4v) is 3.30. The summed E-state index contributed by atoms with van der Waals surface area (Å²) in [7, 11) is 0. The zero-order valence-corrected chi connectivity index (χ0v) is 14.0. The molecular formula is C18H17ClN2O3. The van der Waals surface area contributed by atoms with Gasteiger partial charge in [-0.25, -0.2) is 0 Å². The van der Waals surface area contributed by atoms with E-state index in [9.17, 15) is 4.79 Å². The van der Waals surface area contributed by atoms with Crippen molar-refractivity contribution in [3.05, 3.63) is 53.1 Å². The van der Waals surface area contributed by atoms with Crippen LogP contribution in [0.15, 0.2) is 41.0 Å². The van der Waals surface area contributed by atoms with Gasteiger partial charge >= 0.3 is 0 Å². The molecule has 1 atom stereocenters. The third kappa shape index (κ3) is 2.45. The van der Waals surface area contributed by atoms with Crippen molar-refractivity contribution in [3.8, 4) is 5.75 Å². The molecular weight excluding hydrogens is 328 g/mol. The van der Waals surface area contributed by atoms with Crippen molar-refractivity contribution >= 4 is 28.4 Å². The predicted octanol–water partition coefficient (Wildman–Crippen LogP) is 3.99. The summed E-state index contributed by atoms with van der Waals surface area (Å²) < 4.78 is 13.3. The maximum absolute atomic E-state index is 12.7. The monoisotopic (exact) mass is 344 g/mol. The summed E-state index contributed by atoms with van der Waals surface area (Å²) in [6.45, 7) is 3.06. The highest BCUT2D eigenvalue weighted by Crippen LogP contribution is 2.38. The quantitative estimate of drug-likeness (QED) is 0.778. The number of carbonyl (C=O) groups excluding carboxylic acids is 1. The minimum atomic E-state index is -0.152. The van der Waals surface area contributed by atoms with Gasteiger partial charge in [-0.1, -0.05) is 18.5 Å². The molecule has 0 spiro atoms. The summed E-state index contributed by atoms with van der Waals surface area (Å²) in [6.07, 6.45) is 2.51. The van der Waals surface area contributed by atoms with Crippen LogP contribution in [0.1, 0.15) is 29.6 Å². The second-order valence-corrected chi connectivity index (χ2v) is 6.27. The summed E-state index contributed by atoms with van der Waals surface area (Å²) in [4.78, 5) is 12.7. The lowest BCUT2D eigenvalue weighted by atomic mass is 10.2. The smallest absolute Gasteiger partial charge is 0.268 e. The number of halogens is 1. The Kier molecular flexibility index (Phi) is 3.73. The molecule has 1 amide bonds. The minimum Gasteiger partial charge on any atom is -0.486 e. The van der Waals surface area contributed by atoms with Gasteiger partial charge < -0.3 is 19.0 Å². The highest BCUT2D eigenvalue weighted by molar-refractivity contribution is 6.36. The van der Waals surface area contributed by atoms with Gasteiger partial charge in [0.25, 0.3) is 5.91 Å². The lowest BCUT2D eigenvalue weighted by molar-refractivity contribution is 0.0932. The molecule has 1 aromatic carbocycles. The van der Waals surface area contributed by atoms with E-state index in [1.807, 2.05) is 28.8 Å². The maximum Gasteiger partial charge on any atom is 0.268 e. The number of nitrogens with zero attached hydrogens (tertiary/aromatic N) is 1. The summed E-state index contributed by atoms with van der Waals surface area (Å²) in [5.41, 5.74) is 1.48. The normalized spacial score (nSPS) is 16.2. The third-order valence-corrected chi connectivity index (χ3v) is 4.67. The Morgan fingerprint density at radius 2 is 2.29 bits per heavy atom. The summed E-state index contributed by atoms with van der Waals surface area (Å²) >= 11 is 6.31. The molecule has 1 aliphatic rings. The standard InChI is InChI=1S/C18H17ClN2O3/c1-2-11-10-21-15(18(22)20-9-12-4-3-7-23-12)8-13-14(19)5-6-16(24-11)17(13)21/h3-8,11H,2,9-10H2,1H3,(H,20,22)/t11-/m0/s1. The Labute approximate surface area is 144 Å². The number of amides is 1. The van der Waals surface area contributed by atoms with Gasteiger partial charge in [-0.15, -0.1) is 0 Å². The summed E-state index contributed by atoms with van der Waals surface area (Å²) in [5, 5.41) is 4.35. The first-order chi connectivity index (χ1) is 11.7. The van der Waals surface area contributed by atoms with E-state index in [0.717, 1.165) is 23.1 Å². The Bertz CT molecular complexity index is 899. The number of furan rings is 1. The Morgan fingerprint density at radius 3 is 3.04 bits per heavy atom. The van der Waals surface area contributed by atoms with Crippen LogP contribution in [0, 0.1) is 0 Å². The third-order valence-electron chi connectivity index (χ3n) is 4.34. The van der Waals surface area contributed by atoms with E-state index in [-0.39, 0.29) is 12.0 Å². The fraction of sp³-hybridized carbons (Fsp3) is 0.278. The van der Waals surface area contributed by atoms with Crippen LogP contribution in [-0.4, -0.2) is 16.6 Å². The van der Waals surface area contributed by atoms with E-state index in [2.05, 4.69) is 12.2 Å². The molecule has 3 aromatic rings. The molecule has 24 heavy (non-hydrogen) atoms. The number of nitrogens with one attached hydrogen (secondary N) is 1. The predicted molar refractivity (Wildman–Crippen MR) is 91.5 cm³/mol. The van der Waals surface area contributed by atoms with E-state index < -0.39 is 0 Å². The first-order valence-electron chi connectivity index (χ1n) is 7.96. The molecule has 4 rings (SSSR count). The van der Waals surface area contributed by atoms with E-state index in [1.54, 1.807) is 12.3 Å². The molecule has 6 heteroatoms. The van der Waals surface area contributed by atoms with Gasteiger partial charge in [-0.05, 0) is 36.8 Å². The molecule has 0 saturated heterocycles. The second-order valence-electron chi connectivity index (χ2n) is 5.86. The van der Waals surface area contributed by atoms with Gasteiger partial charge in [0.2, 0.25) is 0 Å². The van der Waals surface area contributed by atoms with Crippen LogP contribution in [0.2, 0.25) is 5.02 Å². The molecule has 124 valence electrons. The molecule has 1 N–H and O–H groups in total. The number of rotatable bonds is 4. The van der Waals surface area contributed by atoms with Crippen LogP contribution >= 0.6 is 11.6 Å². The van der Waals surface area contributed by atoms with Crippen molar-refractivity contribution in [1.29, 1.82) is 0 Å². The van der Waals surface area contributed by atoms with E-state index in [1.165, 1.54) is 0 Å². The van der Waals surface area contributed by atoms with E-state index in [0.29, 0.717) is 29.6 Å². The largest absolute Gasteiger partial charge is 0.486 e. The van der Waals surface area contributed by atoms with Gasteiger partial charge in [0, 0.05) is 5.39 Å². The maximum atomic E-state index is 12.7. The zero-order chi connectivity index (χ0) is 16.7. The van der Waals surface area contributed by atoms with Crippen LogP contribution in [0.25, 0.3) is 10.9 Å². The molecule has 0 fully saturated rings. The molecule has 1 aliphatic heterocycles. The molecule has 0 unspecified atom stereocenters. The van der Waals surface area contributed by atoms with Crippen molar-refractivity contribution in [1.82, 2.24) is 9.88 Å². The van der Waals surface area contributed by atoms with Crippen LogP contribution in [0.4, 0.5) is 0 Å². The highest BCUT2D eigenvalue weighted by atomic mass is 35.5. The number of ether oxygens (including phenoxy) is 1. The minimum absolute atomic E-state index is 0.0471. The SMILES string of the molecule is CC[C@H]1Cn2c(C(=O)NCc3ccco3)cc3c(Cl)ccc(c32)O1. The molecule has 0 saturated carbocycles. The topological polar surface area (TPSA) is 56.4 Å². The number of carbonyl (C=O) groups is 1. The van der Waals surface area contributed by atoms with Crippen LogP contribution in [0.3, 0.4) is 0 Å². The molecule has 0 aliphatic carbocycles. The second kappa shape index (κ2) is 5.91. The lowest BCUT2D eigenvalue weighted by Crippen LogP contribution is -2.31. The number of aromatic nitrogens is 1. The van der Waals surface area contributed by atoms with Crippen molar-refractivity contribution in [2.24, 2.45) is 0 Å². The van der Waals surface area contributed by atoms with Gasteiger partial charge in [0.15, 0.2) is 0 Å². The van der Waals surface area contributed by atoms with E-state index in [4.69, 9.17) is 20.8 Å². The van der Waals surface area contributed by atoms with Gasteiger partial charge in [0.1, 0.15) is 23.3 Å². The summed E-state index contributed by atoms with van der Waals surface area (Å²) in [5.74, 6) is 1.34. The average molecular weight is 345 g/mol. The number of hydrogen-bond donors (Lipinski definition) is 1. The van der Waals surface area contributed by atoms with Crippen LogP contribution < -0.4 is 10.1 Å². The average Bonchev–Trinajstić information content (AvgIpc) is 3.24. The molecule has 0 radical (unpaired) electrons. The fourth-order valence-electron chi connectivity index (χ4n) is 3.09. The lowest BCUT2D eigenvalue weighted by Gasteiger charge is -2.26. The molecule has 0 bridgehead atoms. The van der Waals surface area contributed by atoms with Crippen LogP contribution in [0.5, 0.6) is 5.75 Å². The van der Waals surface area contributed by atoms with Crippen molar-refractivity contribution in [3.63, 3.8) is 0 Å². The Balaban J connectivity index is 1.72. The van der Waals surface area contributed by atoms with Gasteiger partial charge in [-0.3, -0.25) is 4.79 Å². The number of benzene rings is 1. The zero-order valence-electron chi connectivity index (χ0n) is 13.2. The highest BCUT2D eigenvalue weighted by Gasteiger charge is 2.26. The van der Waals surface area contributed by atoms with Gasteiger partial charge in [0.05, 0.1) is 29.9 Å². The van der Waals surface area contributed by atoms with Crippen molar-refractivity contribution < 1.29 is 13.9 Å². The Hall–Kier alpha value is -2.40. The Morgan fingerprint density at radius 1 is 1.42 bits per heavy atom. The van der Waals surface area contributed by atoms with E-state index >= 15 is 0 Å². The first-order valence-corrected chi connectivity index (χ1v) is 8.34.